The molecule has 1 fully saturated rings. The Hall–Kier alpha value is -0.870. The Balaban J connectivity index is 1.80. The summed E-state index contributed by atoms with van der Waals surface area (Å²) >= 11 is 5.71. The highest BCUT2D eigenvalue weighted by molar-refractivity contribution is 6.30. The Morgan fingerprint density at radius 1 is 1.38 bits per heavy atom. The summed E-state index contributed by atoms with van der Waals surface area (Å²) in [5.74, 6) is 1.28. The van der Waals surface area contributed by atoms with E-state index in [9.17, 15) is 0 Å². The number of rotatable bonds is 3. The van der Waals surface area contributed by atoms with Crippen molar-refractivity contribution >= 4 is 17.5 Å². The molecule has 0 aliphatic heterocycles. The summed E-state index contributed by atoms with van der Waals surface area (Å²) in [5.41, 5.74) is 5.94. The second-order valence-electron chi connectivity index (χ2n) is 4.40. The third-order valence-corrected chi connectivity index (χ3v) is 3.19. The summed E-state index contributed by atoms with van der Waals surface area (Å²) < 4.78 is 0. The van der Waals surface area contributed by atoms with E-state index >= 15 is 0 Å². The third-order valence-electron chi connectivity index (χ3n) is 2.99. The van der Waals surface area contributed by atoms with E-state index in [2.05, 4.69) is 15.3 Å². The molecule has 2 rings (SSSR count). The van der Waals surface area contributed by atoms with Crippen LogP contribution in [0.15, 0.2) is 12.4 Å². The lowest BCUT2D eigenvalue weighted by molar-refractivity contribution is 0.334. The number of nitrogens with zero attached hydrogens (tertiary/aromatic N) is 2. The van der Waals surface area contributed by atoms with Crippen LogP contribution in [-0.2, 0) is 0 Å². The molecule has 2 unspecified atom stereocenters. The van der Waals surface area contributed by atoms with Gasteiger partial charge in [-0.1, -0.05) is 18.0 Å². The highest BCUT2D eigenvalue weighted by atomic mass is 35.5. The number of anilines is 1. The number of halogens is 1. The smallest absolute Gasteiger partial charge is 0.222 e. The van der Waals surface area contributed by atoms with Gasteiger partial charge >= 0.3 is 0 Å². The molecule has 1 aromatic rings. The topological polar surface area (TPSA) is 63.8 Å². The van der Waals surface area contributed by atoms with E-state index in [1.165, 1.54) is 12.8 Å². The summed E-state index contributed by atoms with van der Waals surface area (Å²) in [4.78, 5) is 8.19. The molecule has 0 amide bonds. The minimum absolute atomic E-state index is 0.367. The molecule has 0 spiro atoms. The Bertz CT molecular complexity index is 327. The van der Waals surface area contributed by atoms with E-state index in [-0.39, 0.29) is 0 Å². The number of hydrogen-bond donors (Lipinski definition) is 2. The van der Waals surface area contributed by atoms with Crippen molar-refractivity contribution in [3.8, 4) is 0 Å². The van der Waals surface area contributed by atoms with Gasteiger partial charge in [0.15, 0.2) is 0 Å². The van der Waals surface area contributed by atoms with Gasteiger partial charge < -0.3 is 11.1 Å². The molecule has 3 N–H and O–H groups in total. The van der Waals surface area contributed by atoms with Gasteiger partial charge in [-0.15, -0.1) is 0 Å². The van der Waals surface area contributed by atoms with Crippen LogP contribution >= 0.6 is 11.6 Å². The number of hydrogen-bond acceptors (Lipinski definition) is 4. The number of aromatic nitrogens is 2. The summed E-state index contributed by atoms with van der Waals surface area (Å²) in [5, 5.41) is 3.79. The fraction of sp³-hybridized carbons (Fsp3) is 0.636. The van der Waals surface area contributed by atoms with Crippen LogP contribution in [-0.4, -0.2) is 22.6 Å². The first-order chi connectivity index (χ1) is 7.74. The Morgan fingerprint density at radius 3 is 2.81 bits per heavy atom. The van der Waals surface area contributed by atoms with Crippen molar-refractivity contribution < 1.29 is 0 Å². The molecule has 4 nitrogen and oxygen atoms in total. The van der Waals surface area contributed by atoms with Crippen molar-refractivity contribution in [3.63, 3.8) is 0 Å². The largest absolute Gasteiger partial charge is 0.354 e. The van der Waals surface area contributed by atoms with Crippen LogP contribution < -0.4 is 11.1 Å². The van der Waals surface area contributed by atoms with Gasteiger partial charge in [-0.25, -0.2) is 9.97 Å². The fourth-order valence-corrected chi connectivity index (χ4v) is 2.25. The van der Waals surface area contributed by atoms with Crippen molar-refractivity contribution in [3.05, 3.63) is 17.4 Å². The van der Waals surface area contributed by atoms with Crippen LogP contribution in [0.2, 0.25) is 5.02 Å². The summed E-state index contributed by atoms with van der Waals surface area (Å²) in [6, 6.07) is 0.367. The van der Waals surface area contributed by atoms with Crippen LogP contribution in [0.4, 0.5) is 5.95 Å². The average Bonchev–Trinajstić information content (AvgIpc) is 2.28. The molecular formula is C11H17ClN4. The van der Waals surface area contributed by atoms with Crippen LogP contribution in [0.1, 0.15) is 25.7 Å². The van der Waals surface area contributed by atoms with Crippen molar-refractivity contribution in [1.82, 2.24) is 9.97 Å². The van der Waals surface area contributed by atoms with Crippen molar-refractivity contribution in [2.45, 2.75) is 31.7 Å². The molecule has 1 saturated carbocycles. The molecule has 1 aliphatic rings. The van der Waals surface area contributed by atoms with Crippen molar-refractivity contribution in [2.24, 2.45) is 11.7 Å². The number of nitrogens with two attached hydrogens (primary N) is 1. The highest BCUT2D eigenvalue weighted by Gasteiger charge is 2.18. The maximum atomic E-state index is 5.94. The minimum atomic E-state index is 0.367. The third kappa shape index (κ3) is 3.32. The first kappa shape index (κ1) is 11.6. The van der Waals surface area contributed by atoms with Gasteiger partial charge in [0.1, 0.15) is 0 Å². The van der Waals surface area contributed by atoms with Gasteiger partial charge in [0.2, 0.25) is 5.95 Å². The predicted molar refractivity (Wildman–Crippen MR) is 65.5 cm³/mol. The Labute approximate surface area is 101 Å². The van der Waals surface area contributed by atoms with Crippen LogP contribution in [0, 0.1) is 5.92 Å². The molecule has 0 bridgehead atoms. The van der Waals surface area contributed by atoms with Gasteiger partial charge in [-0.3, -0.25) is 0 Å². The lowest BCUT2D eigenvalue weighted by Crippen LogP contribution is -2.31. The quantitative estimate of drug-likeness (QED) is 0.849. The van der Waals surface area contributed by atoms with E-state index in [0.29, 0.717) is 22.9 Å². The summed E-state index contributed by atoms with van der Waals surface area (Å²) in [7, 11) is 0. The molecule has 1 aliphatic carbocycles. The first-order valence-electron chi connectivity index (χ1n) is 5.71. The average molecular weight is 241 g/mol. The second kappa shape index (κ2) is 5.46. The first-order valence-corrected chi connectivity index (χ1v) is 6.09. The monoisotopic (exact) mass is 240 g/mol. The van der Waals surface area contributed by atoms with Gasteiger partial charge in [-0.2, -0.15) is 0 Å². The Morgan fingerprint density at radius 2 is 2.12 bits per heavy atom. The highest BCUT2D eigenvalue weighted by Crippen LogP contribution is 2.23. The molecule has 2 atom stereocenters. The Kier molecular flexibility index (Phi) is 3.96. The molecule has 1 aromatic heterocycles. The van der Waals surface area contributed by atoms with E-state index in [1.54, 1.807) is 12.4 Å². The molecule has 0 aromatic carbocycles. The van der Waals surface area contributed by atoms with E-state index in [0.717, 1.165) is 19.4 Å². The van der Waals surface area contributed by atoms with Gasteiger partial charge in [0.05, 0.1) is 17.4 Å². The predicted octanol–water partition coefficient (Wildman–Crippen LogP) is 2.06. The normalized spacial score (nSPS) is 25.4. The molecule has 5 heteroatoms. The zero-order valence-corrected chi connectivity index (χ0v) is 9.95. The minimum Gasteiger partial charge on any atom is -0.354 e. The lowest BCUT2D eigenvalue weighted by Gasteiger charge is -2.26. The van der Waals surface area contributed by atoms with Crippen molar-refractivity contribution in [2.75, 3.05) is 11.9 Å². The molecule has 1 heterocycles. The molecular weight excluding hydrogens is 224 g/mol. The van der Waals surface area contributed by atoms with E-state index in [1.807, 2.05) is 0 Å². The summed E-state index contributed by atoms with van der Waals surface area (Å²) in [6.07, 6.45) is 7.94. The molecule has 16 heavy (non-hydrogen) atoms. The van der Waals surface area contributed by atoms with E-state index < -0.39 is 0 Å². The van der Waals surface area contributed by atoms with Crippen LogP contribution in [0.3, 0.4) is 0 Å². The lowest BCUT2D eigenvalue weighted by atomic mass is 9.86. The van der Waals surface area contributed by atoms with Gasteiger partial charge in [0.25, 0.3) is 0 Å². The van der Waals surface area contributed by atoms with Gasteiger partial charge in [-0.05, 0) is 25.2 Å². The summed E-state index contributed by atoms with van der Waals surface area (Å²) in [6.45, 7) is 0.898. The SMILES string of the molecule is NC1CCCC(CNc2ncc(Cl)cn2)C1. The van der Waals surface area contributed by atoms with E-state index in [4.69, 9.17) is 17.3 Å². The van der Waals surface area contributed by atoms with Crippen molar-refractivity contribution in [1.29, 1.82) is 0 Å². The molecule has 88 valence electrons. The van der Waals surface area contributed by atoms with Crippen LogP contribution in [0.5, 0.6) is 0 Å². The maximum absolute atomic E-state index is 5.94. The fourth-order valence-electron chi connectivity index (χ4n) is 2.16. The van der Waals surface area contributed by atoms with Crippen LogP contribution in [0.25, 0.3) is 0 Å². The maximum Gasteiger partial charge on any atom is 0.222 e. The molecule has 0 saturated heterocycles. The number of nitrogens with one attached hydrogen (secondary N) is 1. The second-order valence-corrected chi connectivity index (χ2v) is 4.83. The van der Waals surface area contributed by atoms with Gasteiger partial charge in [0, 0.05) is 12.6 Å². The zero-order valence-electron chi connectivity index (χ0n) is 9.19. The molecule has 0 radical (unpaired) electrons. The standard InChI is InChI=1S/C11H17ClN4/c12-9-6-15-11(16-7-9)14-5-8-2-1-3-10(13)4-8/h6-8,10H,1-5,13H2,(H,14,15,16). The zero-order chi connectivity index (χ0) is 11.4.